The van der Waals surface area contributed by atoms with Crippen LogP contribution in [0.2, 0.25) is 0 Å². The highest BCUT2D eigenvalue weighted by Gasteiger charge is 2.14. The molecule has 4 rings (SSSR count). The van der Waals surface area contributed by atoms with Gasteiger partial charge in [-0.1, -0.05) is 54.6 Å². The van der Waals surface area contributed by atoms with Gasteiger partial charge in [-0.05, 0) is 28.5 Å². The molecule has 0 amide bonds. The largest absolute Gasteiger partial charge is 0.320 e. The number of para-hydroxylation sites is 2. The van der Waals surface area contributed by atoms with Gasteiger partial charge in [-0.15, -0.1) is 0 Å². The van der Waals surface area contributed by atoms with Crippen LogP contribution in [0.1, 0.15) is 5.56 Å². The Labute approximate surface area is 137 Å². The second kappa shape index (κ2) is 5.63. The van der Waals surface area contributed by atoms with Crippen molar-refractivity contribution in [2.75, 3.05) is 0 Å². The van der Waals surface area contributed by atoms with Crippen LogP contribution in [0, 0.1) is 0 Å². The zero-order valence-electron chi connectivity index (χ0n) is 12.8. The maximum absolute atomic E-state index is 12.8. The van der Waals surface area contributed by atoms with Crippen LogP contribution >= 0.6 is 0 Å². The van der Waals surface area contributed by atoms with Crippen molar-refractivity contribution >= 4 is 32.6 Å². The van der Waals surface area contributed by atoms with Crippen LogP contribution in [0.5, 0.6) is 0 Å². The lowest BCUT2D eigenvalue weighted by Crippen LogP contribution is -2.04. The normalized spacial score (nSPS) is 12.7. The summed E-state index contributed by atoms with van der Waals surface area (Å²) in [5, 5.41) is 3.00. The summed E-state index contributed by atoms with van der Waals surface area (Å²) < 4.78 is 14.7. The number of aryl methyl sites for hydroxylation is 1. The zero-order chi connectivity index (χ0) is 15.8. The molecule has 0 N–H and O–H groups in total. The number of aromatic nitrogens is 2. The van der Waals surface area contributed by atoms with Crippen LogP contribution in [0.4, 0.5) is 0 Å². The summed E-state index contributed by atoms with van der Waals surface area (Å²) in [6.45, 7) is 0. The van der Waals surface area contributed by atoms with Gasteiger partial charge in [0, 0.05) is 7.05 Å². The van der Waals surface area contributed by atoms with E-state index in [1.165, 1.54) is 10.8 Å². The molecule has 4 heteroatoms. The minimum absolute atomic E-state index is 0.474. The van der Waals surface area contributed by atoms with Crippen LogP contribution in [-0.4, -0.2) is 13.8 Å². The van der Waals surface area contributed by atoms with E-state index in [2.05, 4.69) is 29.2 Å². The van der Waals surface area contributed by atoms with Crippen molar-refractivity contribution in [2.24, 2.45) is 7.05 Å². The zero-order valence-corrected chi connectivity index (χ0v) is 13.6. The molecule has 114 valence electrons. The van der Waals surface area contributed by atoms with Crippen LogP contribution in [-0.2, 0) is 23.6 Å². The molecule has 0 aliphatic rings. The summed E-state index contributed by atoms with van der Waals surface area (Å²) in [6.07, 6.45) is 0. The topological polar surface area (TPSA) is 34.9 Å². The van der Waals surface area contributed by atoms with E-state index in [1.54, 1.807) is 0 Å². The molecule has 0 bridgehead atoms. The average molecular weight is 320 g/mol. The van der Waals surface area contributed by atoms with Gasteiger partial charge in [0.2, 0.25) is 0 Å². The summed E-state index contributed by atoms with van der Waals surface area (Å²) in [5.41, 5.74) is 2.96. The molecule has 0 aliphatic carbocycles. The molecule has 0 unspecified atom stereocenters. The Morgan fingerprint density at radius 2 is 1.70 bits per heavy atom. The van der Waals surface area contributed by atoms with E-state index in [1.807, 2.05) is 54.1 Å². The molecule has 3 nitrogen and oxygen atoms in total. The average Bonchev–Trinajstić information content (AvgIpc) is 2.92. The molecular formula is C19H16N2OS. The minimum Gasteiger partial charge on any atom is -0.320 e. The van der Waals surface area contributed by atoms with Gasteiger partial charge >= 0.3 is 0 Å². The second-order valence-electron chi connectivity index (χ2n) is 5.61. The number of imidazole rings is 1. The van der Waals surface area contributed by atoms with Gasteiger partial charge < -0.3 is 4.57 Å². The highest BCUT2D eigenvalue weighted by Crippen LogP contribution is 2.21. The number of rotatable bonds is 3. The number of benzene rings is 3. The number of hydrogen-bond donors (Lipinski definition) is 0. The first-order chi connectivity index (χ1) is 11.2. The van der Waals surface area contributed by atoms with E-state index in [0.717, 1.165) is 16.6 Å². The van der Waals surface area contributed by atoms with Gasteiger partial charge in [0.25, 0.3) is 0 Å². The smallest absolute Gasteiger partial charge is 0.200 e. The van der Waals surface area contributed by atoms with Crippen molar-refractivity contribution in [1.29, 1.82) is 0 Å². The molecule has 3 aromatic carbocycles. The van der Waals surface area contributed by atoms with Gasteiger partial charge in [-0.3, -0.25) is 4.21 Å². The Hall–Kier alpha value is -2.46. The summed E-state index contributed by atoms with van der Waals surface area (Å²) in [6, 6.07) is 22.3. The van der Waals surface area contributed by atoms with Crippen LogP contribution < -0.4 is 0 Å². The molecule has 0 aliphatic heterocycles. The van der Waals surface area contributed by atoms with Crippen molar-refractivity contribution in [3.05, 3.63) is 72.3 Å². The standard InChI is InChI=1S/C19H16N2OS/c1-21-18-9-5-4-8-17(18)20-19(21)23(22)13-14-10-11-15-6-2-3-7-16(15)12-14/h2-12H,13H2,1H3/t23-/m0/s1. The maximum atomic E-state index is 12.8. The highest BCUT2D eigenvalue weighted by atomic mass is 32.2. The van der Waals surface area contributed by atoms with Gasteiger partial charge in [-0.2, -0.15) is 0 Å². The monoisotopic (exact) mass is 320 g/mol. The summed E-state index contributed by atoms with van der Waals surface area (Å²) in [5.74, 6) is 0.474. The highest BCUT2D eigenvalue weighted by molar-refractivity contribution is 7.84. The number of hydrogen-bond acceptors (Lipinski definition) is 2. The predicted octanol–water partition coefficient (Wildman–Crippen LogP) is 4.03. The van der Waals surface area contributed by atoms with E-state index in [9.17, 15) is 4.21 Å². The fourth-order valence-corrected chi connectivity index (χ4v) is 4.09. The Morgan fingerprint density at radius 3 is 2.52 bits per heavy atom. The maximum Gasteiger partial charge on any atom is 0.200 e. The minimum atomic E-state index is -1.17. The fourth-order valence-electron chi connectivity index (χ4n) is 2.87. The lowest BCUT2D eigenvalue weighted by Gasteiger charge is -2.05. The quantitative estimate of drug-likeness (QED) is 0.571. The third-order valence-electron chi connectivity index (χ3n) is 4.06. The molecule has 0 saturated heterocycles. The van der Waals surface area contributed by atoms with E-state index in [-0.39, 0.29) is 0 Å². The Morgan fingerprint density at radius 1 is 0.957 bits per heavy atom. The first-order valence-corrected chi connectivity index (χ1v) is 8.82. The van der Waals surface area contributed by atoms with E-state index < -0.39 is 10.8 Å². The SMILES string of the molecule is Cn1c([S@@](=O)Cc2ccc3ccccc3c2)nc2ccccc21. The molecule has 0 saturated carbocycles. The van der Waals surface area contributed by atoms with E-state index >= 15 is 0 Å². The van der Waals surface area contributed by atoms with Crippen LogP contribution in [0.3, 0.4) is 0 Å². The predicted molar refractivity (Wildman–Crippen MR) is 94.8 cm³/mol. The molecule has 0 fully saturated rings. The van der Waals surface area contributed by atoms with Crippen LogP contribution in [0.15, 0.2) is 71.9 Å². The van der Waals surface area contributed by atoms with Crippen molar-refractivity contribution in [1.82, 2.24) is 9.55 Å². The van der Waals surface area contributed by atoms with Gasteiger partial charge in [0.1, 0.15) is 0 Å². The first kappa shape index (κ1) is 14.2. The van der Waals surface area contributed by atoms with Gasteiger partial charge in [0.05, 0.1) is 27.6 Å². The van der Waals surface area contributed by atoms with Crippen molar-refractivity contribution in [3.8, 4) is 0 Å². The molecule has 1 heterocycles. The molecule has 0 radical (unpaired) electrons. The number of fused-ring (bicyclic) bond motifs is 2. The Bertz CT molecular complexity index is 1040. The second-order valence-corrected chi connectivity index (χ2v) is 6.96. The lowest BCUT2D eigenvalue weighted by atomic mass is 10.1. The third kappa shape index (κ3) is 2.55. The van der Waals surface area contributed by atoms with Crippen molar-refractivity contribution in [3.63, 3.8) is 0 Å². The molecule has 23 heavy (non-hydrogen) atoms. The van der Waals surface area contributed by atoms with Crippen LogP contribution in [0.25, 0.3) is 21.8 Å². The molecule has 1 atom stereocenters. The summed E-state index contributed by atoms with van der Waals surface area (Å²) in [4.78, 5) is 4.53. The molecule has 1 aromatic heterocycles. The van der Waals surface area contributed by atoms with E-state index in [4.69, 9.17) is 0 Å². The Kier molecular flexibility index (Phi) is 3.46. The first-order valence-electron chi connectivity index (χ1n) is 7.50. The third-order valence-corrected chi connectivity index (χ3v) is 5.43. The van der Waals surface area contributed by atoms with Crippen molar-refractivity contribution < 1.29 is 4.21 Å². The molecular weight excluding hydrogens is 304 g/mol. The summed E-state index contributed by atoms with van der Waals surface area (Å²) >= 11 is 0. The summed E-state index contributed by atoms with van der Waals surface area (Å²) in [7, 11) is 0.750. The van der Waals surface area contributed by atoms with Gasteiger partial charge in [0.15, 0.2) is 5.16 Å². The Balaban J connectivity index is 1.69. The molecule has 0 spiro atoms. The molecule has 4 aromatic rings. The van der Waals surface area contributed by atoms with Gasteiger partial charge in [-0.25, -0.2) is 4.98 Å². The number of nitrogens with zero attached hydrogens (tertiary/aromatic N) is 2. The lowest BCUT2D eigenvalue weighted by molar-refractivity contribution is 0.667. The fraction of sp³-hybridized carbons (Fsp3) is 0.105. The van der Waals surface area contributed by atoms with E-state index in [0.29, 0.717) is 10.9 Å². The van der Waals surface area contributed by atoms with Crippen molar-refractivity contribution in [2.45, 2.75) is 10.9 Å².